The van der Waals surface area contributed by atoms with Gasteiger partial charge >= 0.3 is 0 Å². The fourth-order valence-corrected chi connectivity index (χ4v) is 5.57. The van der Waals surface area contributed by atoms with E-state index in [4.69, 9.17) is 0 Å². The predicted octanol–water partition coefficient (Wildman–Crippen LogP) is 3.63. The molecule has 11 heavy (non-hydrogen) atoms. The maximum absolute atomic E-state index is 2.67. The standard InChI is InChI=1S/C8H17Si.HI.Zn/c1-3-9(4-2)7-5-6-8-9;;/h7H,3-6,8H2,1-2H3;1H;/q-1;;. The van der Waals surface area contributed by atoms with Gasteiger partial charge in [-0.15, -0.1) is 24.0 Å². The summed E-state index contributed by atoms with van der Waals surface area (Å²) in [6.45, 7) is 4.75. The van der Waals surface area contributed by atoms with Crippen LogP contribution in [0.5, 0.6) is 0 Å². The molecular formula is C8H18ISiZn-. The summed E-state index contributed by atoms with van der Waals surface area (Å²) in [5, 5.41) is 0. The van der Waals surface area contributed by atoms with E-state index in [2.05, 4.69) is 19.9 Å². The van der Waals surface area contributed by atoms with Crippen LogP contribution in [0.15, 0.2) is 0 Å². The van der Waals surface area contributed by atoms with Crippen molar-refractivity contribution in [3.05, 3.63) is 6.04 Å². The third-order valence-electron chi connectivity index (χ3n) is 2.86. The number of hydrogen-bond donors (Lipinski definition) is 0. The average molecular weight is 335 g/mol. The van der Waals surface area contributed by atoms with E-state index >= 15 is 0 Å². The van der Waals surface area contributed by atoms with E-state index < -0.39 is 8.07 Å². The summed E-state index contributed by atoms with van der Waals surface area (Å²) >= 11 is 0. The zero-order valence-corrected chi connectivity index (χ0v) is 14.0. The van der Waals surface area contributed by atoms with Gasteiger partial charge in [0.15, 0.2) is 0 Å². The second kappa shape index (κ2) is 7.02. The summed E-state index contributed by atoms with van der Waals surface area (Å²) in [5.41, 5.74) is 0. The molecule has 0 atom stereocenters. The van der Waals surface area contributed by atoms with Gasteiger partial charge in [0, 0.05) is 19.5 Å². The minimum atomic E-state index is -0.705. The Kier molecular flexibility index (Phi) is 9.61. The first-order valence-electron chi connectivity index (χ1n) is 4.17. The van der Waals surface area contributed by atoms with E-state index in [-0.39, 0.29) is 43.5 Å². The van der Waals surface area contributed by atoms with Crippen molar-refractivity contribution in [3.8, 4) is 0 Å². The Morgan fingerprint density at radius 3 is 2.00 bits per heavy atom. The summed E-state index contributed by atoms with van der Waals surface area (Å²) < 4.78 is 0. The van der Waals surface area contributed by atoms with Crippen LogP contribution in [-0.2, 0) is 19.5 Å². The van der Waals surface area contributed by atoms with Gasteiger partial charge in [-0.1, -0.05) is 46.5 Å². The predicted molar refractivity (Wildman–Crippen MR) is 60.5 cm³/mol. The molecule has 0 spiro atoms. The summed E-state index contributed by atoms with van der Waals surface area (Å²) in [5.74, 6) is 0. The average Bonchev–Trinajstić information content (AvgIpc) is 2.36. The molecule has 1 saturated heterocycles. The van der Waals surface area contributed by atoms with Gasteiger partial charge in [-0.3, -0.25) is 0 Å². The molecule has 0 aliphatic carbocycles. The van der Waals surface area contributed by atoms with Crippen LogP contribution in [0.25, 0.3) is 0 Å². The van der Waals surface area contributed by atoms with Crippen molar-refractivity contribution in [3.63, 3.8) is 0 Å². The maximum Gasteiger partial charge on any atom is 0 e. The first-order valence-corrected chi connectivity index (χ1v) is 6.87. The molecule has 0 saturated carbocycles. The van der Waals surface area contributed by atoms with Gasteiger partial charge in [0.1, 0.15) is 0 Å². The normalized spacial score (nSPS) is 20.2. The molecule has 64 valence electrons. The van der Waals surface area contributed by atoms with Gasteiger partial charge in [-0.25, -0.2) is 0 Å². The van der Waals surface area contributed by atoms with Gasteiger partial charge in [-0.2, -0.15) is 6.42 Å². The quantitative estimate of drug-likeness (QED) is 0.411. The fourth-order valence-electron chi connectivity index (χ4n) is 1.86. The number of rotatable bonds is 2. The van der Waals surface area contributed by atoms with E-state index in [1.54, 1.807) is 6.04 Å². The summed E-state index contributed by atoms with van der Waals surface area (Å²) in [4.78, 5) is 0. The first kappa shape index (κ1) is 15.1. The molecule has 1 rings (SSSR count). The van der Waals surface area contributed by atoms with Crippen LogP contribution >= 0.6 is 24.0 Å². The van der Waals surface area contributed by atoms with E-state index in [0.717, 1.165) is 0 Å². The Labute approximate surface area is 102 Å². The molecule has 1 aliphatic heterocycles. The molecule has 1 aliphatic rings. The Balaban J connectivity index is 0. The minimum Gasteiger partial charge on any atom is -0.327 e. The molecule has 0 nitrogen and oxygen atoms in total. The van der Waals surface area contributed by atoms with Crippen molar-refractivity contribution in [2.45, 2.75) is 44.8 Å². The molecule has 1 fully saturated rings. The monoisotopic (exact) mass is 333 g/mol. The zero-order valence-electron chi connectivity index (χ0n) is 7.73. The summed E-state index contributed by atoms with van der Waals surface area (Å²) in [7, 11) is -0.705. The number of halogens is 1. The summed E-state index contributed by atoms with van der Waals surface area (Å²) in [6, 6.07) is 7.24. The molecule has 1 heterocycles. The van der Waals surface area contributed by atoms with E-state index in [9.17, 15) is 0 Å². The van der Waals surface area contributed by atoms with Crippen LogP contribution in [0.1, 0.15) is 26.7 Å². The van der Waals surface area contributed by atoms with Crippen molar-refractivity contribution in [2.75, 3.05) is 0 Å². The van der Waals surface area contributed by atoms with E-state index in [0.29, 0.717) is 0 Å². The molecule has 0 bridgehead atoms. The van der Waals surface area contributed by atoms with Crippen molar-refractivity contribution in [2.24, 2.45) is 0 Å². The van der Waals surface area contributed by atoms with Gasteiger partial charge in [0.25, 0.3) is 0 Å². The molecule has 0 radical (unpaired) electrons. The molecule has 0 unspecified atom stereocenters. The second-order valence-electron chi connectivity index (χ2n) is 3.17. The molecule has 0 amide bonds. The van der Waals surface area contributed by atoms with E-state index in [1.807, 2.05) is 0 Å². The second-order valence-corrected chi connectivity index (χ2v) is 8.21. The summed E-state index contributed by atoms with van der Waals surface area (Å²) in [6.07, 6.45) is 2.92. The first-order chi connectivity index (χ1) is 4.33. The molecule has 3 heteroatoms. The zero-order chi connectivity index (χ0) is 6.74. The Hall–Kier alpha value is 1.57. The van der Waals surface area contributed by atoms with Crippen molar-refractivity contribution in [1.29, 1.82) is 0 Å². The molecule has 0 aromatic heterocycles. The SMILES string of the molecule is CC[Si]1(CC)[CH-]CCC1.I.[Zn]. The van der Waals surface area contributed by atoms with Gasteiger partial charge in [0.05, 0.1) is 0 Å². The molecule has 0 N–H and O–H groups in total. The van der Waals surface area contributed by atoms with Crippen LogP contribution < -0.4 is 0 Å². The maximum atomic E-state index is 2.67. The number of hydrogen-bond acceptors (Lipinski definition) is 0. The molecule has 0 aromatic rings. The van der Waals surface area contributed by atoms with Crippen LogP contribution in [0.3, 0.4) is 0 Å². The van der Waals surface area contributed by atoms with Crippen LogP contribution in [0.4, 0.5) is 0 Å². The fraction of sp³-hybridized carbons (Fsp3) is 0.875. The topological polar surface area (TPSA) is 0 Å². The van der Waals surface area contributed by atoms with Gasteiger partial charge in [0.2, 0.25) is 0 Å². The molecular weight excluding hydrogens is 316 g/mol. The van der Waals surface area contributed by atoms with E-state index in [1.165, 1.54) is 24.9 Å². The van der Waals surface area contributed by atoms with Crippen molar-refractivity contribution < 1.29 is 19.5 Å². The smallest absolute Gasteiger partial charge is 0 e. The Morgan fingerprint density at radius 2 is 1.82 bits per heavy atom. The third-order valence-corrected chi connectivity index (χ3v) is 8.18. The van der Waals surface area contributed by atoms with Gasteiger partial charge < -0.3 is 6.04 Å². The molecule has 0 aromatic carbocycles. The minimum absolute atomic E-state index is 0. The Morgan fingerprint density at radius 1 is 1.27 bits per heavy atom. The third kappa shape index (κ3) is 3.86. The van der Waals surface area contributed by atoms with Crippen molar-refractivity contribution in [1.82, 2.24) is 0 Å². The Bertz CT molecular complexity index is 86.1. The van der Waals surface area contributed by atoms with Crippen molar-refractivity contribution >= 4 is 32.1 Å². The van der Waals surface area contributed by atoms with Crippen LogP contribution in [0.2, 0.25) is 18.1 Å². The van der Waals surface area contributed by atoms with Crippen LogP contribution in [0, 0.1) is 6.04 Å². The van der Waals surface area contributed by atoms with Crippen LogP contribution in [-0.4, -0.2) is 8.07 Å². The van der Waals surface area contributed by atoms with Gasteiger partial charge in [-0.05, 0) is 0 Å². The largest absolute Gasteiger partial charge is 0.327 e.